The molecule has 3 heterocycles. The van der Waals surface area contributed by atoms with Crippen molar-refractivity contribution in [3.63, 3.8) is 0 Å². The van der Waals surface area contributed by atoms with Crippen LogP contribution in [0.4, 0.5) is 33.7 Å². The van der Waals surface area contributed by atoms with E-state index < -0.39 is 34.8 Å². The zero-order valence-electron chi connectivity index (χ0n) is 21.9. The summed E-state index contributed by atoms with van der Waals surface area (Å²) in [5.41, 5.74) is -1.67. The first kappa shape index (κ1) is 29.0. The van der Waals surface area contributed by atoms with E-state index in [0.717, 1.165) is 25.7 Å². The smallest absolute Gasteiger partial charge is 0.416 e. The number of hydrogen-bond donors (Lipinski definition) is 3. The number of amides is 2. The number of anilines is 2. The van der Waals surface area contributed by atoms with Crippen LogP contribution in [0.15, 0.2) is 41.6 Å². The van der Waals surface area contributed by atoms with Crippen molar-refractivity contribution in [3.8, 4) is 17.1 Å². The maximum atomic E-state index is 14.8. The van der Waals surface area contributed by atoms with E-state index >= 15 is 0 Å². The number of halogens is 4. The predicted octanol–water partition coefficient (Wildman–Crippen LogP) is 4.17. The Labute approximate surface area is 227 Å². The molecule has 1 aromatic carbocycles. The van der Waals surface area contributed by atoms with Crippen LogP contribution in [-0.2, 0) is 12.7 Å². The predicted molar refractivity (Wildman–Crippen MR) is 141 cm³/mol. The number of hydrogen-bond acceptors (Lipinski definition) is 7. The van der Waals surface area contributed by atoms with Crippen LogP contribution in [0.5, 0.6) is 5.75 Å². The molecule has 0 saturated carbocycles. The molecule has 4 rings (SSSR count). The van der Waals surface area contributed by atoms with Gasteiger partial charge in [0.15, 0.2) is 11.6 Å². The van der Waals surface area contributed by atoms with Gasteiger partial charge in [0.05, 0.1) is 35.9 Å². The van der Waals surface area contributed by atoms with Crippen LogP contribution in [0, 0.1) is 5.82 Å². The Morgan fingerprint density at radius 1 is 1.05 bits per heavy atom. The van der Waals surface area contributed by atoms with E-state index in [9.17, 15) is 27.2 Å². The number of ether oxygens (including phenoxy) is 1. The maximum absolute atomic E-state index is 14.8. The van der Waals surface area contributed by atoms with Crippen molar-refractivity contribution in [2.75, 3.05) is 50.0 Å². The molecule has 40 heavy (non-hydrogen) atoms. The second-order valence-corrected chi connectivity index (χ2v) is 9.09. The third-order valence-electron chi connectivity index (χ3n) is 6.39. The number of urea groups is 1. The molecule has 1 saturated heterocycles. The van der Waals surface area contributed by atoms with Crippen LogP contribution in [0.1, 0.15) is 25.0 Å². The number of carbonyl (C=O) groups excluding carboxylic acids is 1. The van der Waals surface area contributed by atoms with E-state index in [1.165, 1.54) is 24.7 Å². The summed E-state index contributed by atoms with van der Waals surface area (Å²) in [5, 5.41) is 4.50. The first-order valence-electron chi connectivity index (χ1n) is 12.7. The van der Waals surface area contributed by atoms with E-state index in [2.05, 4.69) is 30.5 Å². The van der Waals surface area contributed by atoms with Crippen LogP contribution < -0.4 is 20.9 Å². The fraction of sp³-hybridized carbons (Fsp3) is 0.385. The first-order valence-corrected chi connectivity index (χ1v) is 12.7. The van der Waals surface area contributed by atoms with Gasteiger partial charge in [-0.15, -0.1) is 0 Å². The molecular formula is C26H29F4N7O3. The molecule has 1 fully saturated rings. The zero-order chi connectivity index (χ0) is 28.9. The van der Waals surface area contributed by atoms with Crippen molar-refractivity contribution in [3.05, 3.63) is 64.1 Å². The minimum Gasteiger partial charge on any atom is -0.488 e. The van der Waals surface area contributed by atoms with Gasteiger partial charge in [0.1, 0.15) is 5.82 Å². The van der Waals surface area contributed by atoms with E-state index in [1.807, 2.05) is 11.8 Å². The number of nitrogens with zero attached hydrogens (tertiary/aromatic N) is 4. The fourth-order valence-electron chi connectivity index (χ4n) is 4.29. The van der Waals surface area contributed by atoms with Gasteiger partial charge in [0, 0.05) is 44.5 Å². The molecule has 0 spiro atoms. The first-order chi connectivity index (χ1) is 19.1. The van der Waals surface area contributed by atoms with E-state index in [1.54, 1.807) is 6.92 Å². The molecule has 3 N–H and O–H groups in total. The van der Waals surface area contributed by atoms with Gasteiger partial charge in [-0.2, -0.15) is 13.2 Å². The number of likely N-dealkylation sites (N-methyl/N-ethyl adjacent to an activating group) is 1. The second kappa shape index (κ2) is 12.4. The molecular weight excluding hydrogens is 534 g/mol. The lowest BCUT2D eigenvalue weighted by atomic mass is 10.0. The Bertz CT molecular complexity index is 1390. The number of benzene rings is 1. The van der Waals surface area contributed by atoms with Crippen LogP contribution >= 0.6 is 0 Å². The SMILES string of the molecule is CCOc1cc(-c2ncc(NC(=O)Nc3cc(C(F)(F)F)c(CN4CCN(CC)CC4)cc3F)cn2)c[nH]c1=O. The molecule has 2 aromatic heterocycles. The highest BCUT2D eigenvalue weighted by molar-refractivity contribution is 5.99. The number of nitrogens with one attached hydrogen (secondary N) is 3. The van der Waals surface area contributed by atoms with Gasteiger partial charge >= 0.3 is 12.2 Å². The summed E-state index contributed by atoms with van der Waals surface area (Å²) in [4.78, 5) is 39.0. The third-order valence-corrected chi connectivity index (χ3v) is 6.39. The van der Waals surface area contributed by atoms with Crippen molar-refractivity contribution in [2.24, 2.45) is 0 Å². The van der Waals surface area contributed by atoms with E-state index in [-0.39, 0.29) is 36.0 Å². The summed E-state index contributed by atoms with van der Waals surface area (Å²) in [5.74, 6) is -0.675. The number of H-pyrrole nitrogens is 1. The highest BCUT2D eigenvalue weighted by Gasteiger charge is 2.35. The van der Waals surface area contributed by atoms with Gasteiger partial charge < -0.3 is 25.3 Å². The van der Waals surface area contributed by atoms with Gasteiger partial charge in [-0.3, -0.25) is 9.69 Å². The summed E-state index contributed by atoms with van der Waals surface area (Å²) < 4.78 is 61.7. The number of pyridine rings is 1. The largest absolute Gasteiger partial charge is 0.488 e. The van der Waals surface area contributed by atoms with Crippen molar-refractivity contribution < 1.29 is 27.1 Å². The monoisotopic (exact) mass is 563 g/mol. The molecule has 1 aliphatic rings. The normalized spacial score (nSPS) is 14.7. The fourth-order valence-corrected chi connectivity index (χ4v) is 4.29. The third kappa shape index (κ3) is 7.12. The summed E-state index contributed by atoms with van der Waals surface area (Å²) in [6.45, 7) is 7.44. The summed E-state index contributed by atoms with van der Waals surface area (Å²) >= 11 is 0. The van der Waals surface area contributed by atoms with Crippen LogP contribution in [-0.4, -0.2) is 70.1 Å². The maximum Gasteiger partial charge on any atom is 0.416 e. The van der Waals surface area contributed by atoms with Gasteiger partial charge in [-0.1, -0.05) is 6.92 Å². The number of rotatable bonds is 8. The van der Waals surface area contributed by atoms with Gasteiger partial charge in [0.25, 0.3) is 5.56 Å². The number of aromatic amines is 1. The van der Waals surface area contributed by atoms with Crippen molar-refractivity contribution in [2.45, 2.75) is 26.6 Å². The van der Waals surface area contributed by atoms with Gasteiger partial charge in [0.2, 0.25) is 0 Å². The number of carbonyl (C=O) groups is 1. The summed E-state index contributed by atoms with van der Waals surface area (Å²) in [6.07, 6.45) is -0.830. The summed E-state index contributed by atoms with van der Waals surface area (Å²) in [7, 11) is 0. The van der Waals surface area contributed by atoms with E-state index in [0.29, 0.717) is 24.7 Å². The molecule has 0 bridgehead atoms. The molecule has 10 nitrogen and oxygen atoms in total. The molecule has 0 unspecified atom stereocenters. The summed E-state index contributed by atoms with van der Waals surface area (Å²) in [6, 6.07) is 1.92. The van der Waals surface area contributed by atoms with Gasteiger partial charge in [-0.25, -0.2) is 19.2 Å². The molecule has 0 aliphatic carbocycles. The van der Waals surface area contributed by atoms with Crippen molar-refractivity contribution >= 4 is 17.4 Å². The lowest BCUT2D eigenvalue weighted by Crippen LogP contribution is -2.45. The van der Waals surface area contributed by atoms with Crippen LogP contribution in [0.3, 0.4) is 0 Å². The molecule has 214 valence electrons. The van der Waals surface area contributed by atoms with Crippen LogP contribution in [0.25, 0.3) is 11.4 Å². The highest BCUT2D eigenvalue weighted by atomic mass is 19.4. The van der Waals surface area contributed by atoms with E-state index in [4.69, 9.17) is 4.74 Å². The van der Waals surface area contributed by atoms with Crippen molar-refractivity contribution in [1.82, 2.24) is 24.8 Å². The number of aromatic nitrogens is 3. The zero-order valence-corrected chi connectivity index (χ0v) is 21.9. The molecule has 2 amide bonds. The average molecular weight is 564 g/mol. The average Bonchev–Trinajstić information content (AvgIpc) is 2.92. The van der Waals surface area contributed by atoms with Crippen molar-refractivity contribution in [1.29, 1.82) is 0 Å². The minimum atomic E-state index is -4.74. The lowest BCUT2D eigenvalue weighted by Gasteiger charge is -2.34. The second-order valence-electron chi connectivity index (χ2n) is 9.09. The topological polar surface area (TPSA) is 115 Å². The minimum absolute atomic E-state index is 0.0547. The highest BCUT2D eigenvalue weighted by Crippen LogP contribution is 2.36. The Balaban J connectivity index is 1.45. The molecule has 14 heteroatoms. The molecule has 3 aromatic rings. The lowest BCUT2D eigenvalue weighted by molar-refractivity contribution is -0.138. The molecule has 0 radical (unpaired) electrons. The molecule has 1 aliphatic heterocycles. The quantitative estimate of drug-likeness (QED) is 0.353. The van der Waals surface area contributed by atoms with Crippen LogP contribution in [0.2, 0.25) is 0 Å². The Morgan fingerprint density at radius 2 is 1.73 bits per heavy atom. The number of alkyl halides is 3. The Hall–Kier alpha value is -4.04. The Morgan fingerprint density at radius 3 is 2.35 bits per heavy atom. The standard InChI is InChI=1S/C26H29F4N7O3/c1-3-36-5-7-37(8-6-36)15-17-9-20(27)21(11-19(17)26(28,29)30)35-25(39)34-18-13-31-23(32-14-18)16-10-22(40-4-2)24(38)33-12-16/h9-14H,3-8,15H2,1-2H3,(H,33,38)(H2,34,35,39). The Kier molecular flexibility index (Phi) is 9.00. The molecule has 0 atom stereocenters. The number of piperazine rings is 1. The van der Waals surface area contributed by atoms with Gasteiger partial charge in [-0.05, 0) is 37.2 Å².